The zero-order valence-electron chi connectivity index (χ0n) is 12.9. The summed E-state index contributed by atoms with van der Waals surface area (Å²) in [6.45, 7) is 2.77. The minimum Gasteiger partial charge on any atom is -0.496 e. The van der Waals surface area contributed by atoms with Crippen molar-refractivity contribution in [2.24, 2.45) is 5.73 Å². The van der Waals surface area contributed by atoms with Crippen LogP contribution in [0.5, 0.6) is 5.75 Å². The lowest BCUT2D eigenvalue weighted by molar-refractivity contribution is 0.0697. The Morgan fingerprint density at radius 3 is 2.68 bits per heavy atom. The highest BCUT2D eigenvalue weighted by Gasteiger charge is 2.12. The van der Waals surface area contributed by atoms with Crippen molar-refractivity contribution < 1.29 is 14.6 Å². The van der Waals surface area contributed by atoms with Gasteiger partial charge in [0.05, 0.1) is 12.7 Å². The Kier molecular flexibility index (Phi) is 5.17. The van der Waals surface area contributed by atoms with Crippen LogP contribution in [-0.2, 0) is 0 Å². The molecule has 2 aromatic rings. The van der Waals surface area contributed by atoms with Gasteiger partial charge in [-0.2, -0.15) is 0 Å². The molecule has 3 N–H and O–H groups in total. The lowest BCUT2D eigenvalue weighted by Crippen LogP contribution is -2.05. The summed E-state index contributed by atoms with van der Waals surface area (Å²) in [5.41, 5.74) is 8.79. The summed E-state index contributed by atoms with van der Waals surface area (Å²) in [5.74, 6) is 0.136. The molecule has 1 unspecified atom stereocenters. The van der Waals surface area contributed by atoms with E-state index < -0.39 is 5.97 Å². The average Bonchev–Trinajstić information content (AvgIpc) is 2.54. The molecule has 0 saturated heterocycles. The summed E-state index contributed by atoms with van der Waals surface area (Å²) in [6, 6.07) is 12.9. The summed E-state index contributed by atoms with van der Waals surface area (Å²) in [7, 11) is 1.61. The van der Waals surface area contributed by atoms with Crippen molar-refractivity contribution in [2.75, 3.05) is 13.7 Å². The van der Waals surface area contributed by atoms with Crippen LogP contribution in [-0.4, -0.2) is 24.7 Å². The highest BCUT2D eigenvalue weighted by atomic mass is 16.5. The van der Waals surface area contributed by atoms with E-state index >= 15 is 0 Å². The van der Waals surface area contributed by atoms with Crippen LogP contribution in [0.25, 0.3) is 11.1 Å². The van der Waals surface area contributed by atoms with Gasteiger partial charge in [0.2, 0.25) is 0 Å². The molecule has 0 aromatic heterocycles. The predicted molar refractivity (Wildman–Crippen MR) is 87.5 cm³/mol. The van der Waals surface area contributed by atoms with E-state index in [2.05, 4.69) is 13.0 Å². The molecule has 0 saturated carbocycles. The van der Waals surface area contributed by atoms with Crippen molar-refractivity contribution in [2.45, 2.75) is 19.3 Å². The van der Waals surface area contributed by atoms with Gasteiger partial charge in [0.1, 0.15) is 5.75 Å². The third kappa shape index (κ3) is 3.46. The standard InChI is InChI=1S/C18H21NO3/c1-12(8-9-19)13-6-7-17(22-2)16(11-13)14-4-3-5-15(10-14)18(20)21/h3-7,10-12H,8-9,19H2,1-2H3,(H,20,21). The van der Waals surface area contributed by atoms with Crippen LogP contribution in [0, 0.1) is 0 Å². The Labute approximate surface area is 130 Å². The Bertz CT molecular complexity index is 667. The Balaban J connectivity index is 2.50. The molecule has 4 nitrogen and oxygen atoms in total. The van der Waals surface area contributed by atoms with E-state index in [9.17, 15) is 4.79 Å². The number of methoxy groups -OCH3 is 1. The Hall–Kier alpha value is -2.33. The molecule has 116 valence electrons. The summed E-state index contributed by atoms with van der Waals surface area (Å²) in [5, 5.41) is 9.15. The zero-order valence-corrected chi connectivity index (χ0v) is 12.9. The number of rotatable bonds is 6. The molecule has 0 bridgehead atoms. The normalized spacial score (nSPS) is 12.0. The fourth-order valence-electron chi connectivity index (χ4n) is 2.49. The molecule has 0 radical (unpaired) electrons. The second-order valence-corrected chi connectivity index (χ2v) is 5.32. The first-order valence-corrected chi connectivity index (χ1v) is 7.28. The van der Waals surface area contributed by atoms with Crippen molar-refractivity contribution >= 4 is 5.97 Å². The molecule has 1 atom stereocenters. The van der Waals surface area contributed by atoms with Gasteiger partial charge in [-0.15, -0.1) is 0 Å². The Morgan fingerprint density at radius 2 is 2.05 bits per heavy atom. The maximum absolute atomic E-state index is 11.2. The monoisotopic (exact) mass is 299 g/mol. The minimum absolute atomic E-state index is 0.264. The van der Waals surface area contributed by atoms with Crippen molar-refractivity contribution in [3.05, 3.63) is 53.6 Å². The molecule has 0 aliphatic carbocycles. The highest BCUT2D eigenvalue weighted by molar-refractivity contribution is 5.89. The number of carbonyl (C=O) groups is 1. The van der Waals surface area contributed by atoms with E-state index in [1.54, 1.807) is 25.3 Å². The van der Waals surface area contributed by atoms with Crippen LogP contribution in [0.2, 0.25) is 0 Å². The number of nitrogens with two attached hydrogens (primary N) is 1. The molecule has 22 heavy (non-hydrogen) atoms. The first-order valence-electron chi connectivity index (χ1n) is 7.28. The fraction of sp³-hybridized carbons (Fsp3) is 0.278. The lowest BCUT2D eigenvalue weighted by atomic mass is 9.93. The third-order valence-corrected chi connectivity index (χ3v) is 3.81. The molecule has 0 heterocycles. The first-order chi connectivity index (χ1) is 10.6. The van der Waals surface area contributed by atoms with Gasteiger partial charge in [0.15, 0.2) is 0 Å². The molecular weight excluding hydrogens is 278 g/mol. The van der Waals surface area contributed by atoms with Crippen molar-refractivity contribution in [1.29, 1.82) is 0 Å². The van der Waals surface area contributed by atoms with Gasteiger partial charge in [-0.25, -0.2) is 4.79 Å². The van der Waals surface area contributed by atoms with E-state index in [4.69, 9.17) is 15.6 Å². The summed E-state index contributed by atoms with van der Waals surface area (Å²) < 4.78 is 5.42. The molecule has 0 spiro atoms. The molecule has 2 aromatic carbocycles. The van der Waals surface area contributed by atoms with Gasteiger partial charge >= 0.3 is 5.97 Å². The SMILES string of the molecule is COc1ccc(C(C)CCN)cc1-c1cccc(C(=O)O)c1. The quantitative estimate of drug-likeness (QED) is 0.856. The van der Waals surface area contributed by atoms with Crippen LogP contribution in [0.15, 0.2) is 42.5 Å². The molecule has 0 aliphatic rings. The number of benzene rings is 2. The van der Waals surface area contributed by atoms with Crippen LogP contribution in [0.3, 0.4) is 0 Å². The molecular formula is C18H21NO3. The fourth-order valence-corrected chi connectivity index (χ4v) is 2.49. The summed E-state index contributed by atoms with van der Waals surface area (Å²) in [4.78, 5) is 11.2. The number of carboxylic acid groups (broad SMARTS) is 1. The second kappa shape index (κ2) is 7.09. The molecule has 0 amide bonds. The topological polar surface area (TPSA) is 72.5 Å². The van der Waals surface area contributed by atoms with Crippen molar-refractivity contribution in [3.63, 3.8) is 0 Å². The molecule has 4 heteroatoms. The van der Waals surface area contributed by atoms with Crippen molar-refractivity contribution in [3.8, 4) is 16.9 Å². The van der Waals surface area contributed by atoms with Crippen LogP contribution in [0.4, 0.5) is 0 Å². The smallest absolute Gasteiger partial charge is 0.335 e. The molecule has 0 fully saturated rings. The van der Waals surface area contributed by atoms with Crippen molar-refractivity contribution in [1.82, 2.24) is 0 Å². The average molecular weight is 299 g/mol. The van der Waals surface area contributed by atoms with Gasteiger partial charge in [-0.3, -0.25) is 0 Å². The van der Waals surface area contributed by atoms with Gasteiger partial charge < -0.3 is 15.6 Å². The van der Waals surface area contributed by atoms with E-state index in [0.29, 0.717) is 12.5 Å². The summed E-state index contributed by atoms with van der Waals surface area (Å²) >= 11 is 0. The molecule has 0 aliphatic heterocycles. The largest absolute Gasteiger partial charge is 0.496 e. The van der Waals surface area contributed by atoms with Crippen LogP contribution >= 0.6 is 0 Å². The van der Waals surface area contributed by atoms with Crippen LogP contribution < -0.4 is 10.5 Å². The van der Waals surface area contributed by atoms with E-state index in [1.807, 2.05) is 18.2 Å². The number of carboxylic acids is 1. The summed E-state index contributed by atoms with van der Waals surface area (Å²) in [6.07, 6.45) is 0.904. The number of aromatic carboxylic acids is 1. The zero-order chi connectivity index (χ0) is 16.1. The lowest BCUT2D eigenvalue weighted by Gasteiger charge is -2.15. The van der Waals surface area contributed by atoms with Gasteiger partial charge in [0.25, 0.3) is 0 Å². The number of ether oxygens (including phenoxy) is 1. The van der Waals surface area contributed by atoms with Crippen LogP contribution in [0.1, 0.15) is 35.2 Å². The number of hydrogen-bond donors (Lipinski definition) is 2. The minimum atomic E-state index is -0.937. The van der Waals surface area contributed by atoms with Gasteiger partial charge in [-0.1, -0.05) is 25.1 Å². The van der Waals surface area contributed by atoms with Gasteiger partial charge in [-0.05, 0) is 54.3 Å². The maximum atomic E-state index is 11.2. The number of hydrogen-bond acceptors (Lipinski definition) is 3. The first kappa shape index (κ1) is 16.0. The Morgan fingerprint density at radius 1 is 1.27 bits per heavy atom. The van der Waals surface area contributed by atoms with E-state index in [-0.39, 0.29) is 5.56 Å². The maximum Gasteiger partial charge on any atom is 0.335 e. The predicted octanol–water partition coefficient (Wildman–Crippen LogP) is 3.51. The second-order valence-electron chi connectivity index (χ2n) is 5.32. The van der Waals surface area contributed by atoms with E-state index in [0.717, 1.165) is 23.3 Å². The van der Waals surface area contributed by atoms with Gasteiger partial charge in [0, 0.05) is 5.56 Å². The highest BCUT2D eigenvalue weighted by Crippen LogP contribution is 2.34. The third-order valence-electron chi connectivity index (χ3n) is 3.81. The molecule has 2 rings (SSSR count). The van der Waals surface area contributed by atoms with E-state index in [1.165, 1.54) is 5.56 Å².